The zero-order valence-electron chi connectivity index (χ0n) is 11.2. The Labute approximate surface area is 110 Å². The van der Waals surface area contributed by atoms with Crippen LogP contribution >= 0.6 is 0 Å². The van der Waals surface area contributed by atoms with Crippen molar-refractivity contribution in [2.45, 2.75) is 31.7 Å². The first-order chi connectivity index (χ1) is 8.45. The number of nitrogens with one attached hydrogen (secondary N) is 2. The Morgan fingerprint density at radius 2 is 1.72 bits per heavy atom. The Morgan fingerprint density at radius 1 is 1.11 bits per heavy atom. The summed E-state index contributed by atoms with van der Waals surface area (Å²) < 4.78 is 23.2. The van der Waals surface area contributed by atoms with Gasteiger partial charge in [0, 0.05) is 24.8 Å². The molecular formula is C13H22N2O2S. The summed E-state index contributed by atoms with van der Waals surface area (Å²) in [7, 11) is -3.09. The standard InChI is InChI=1S/C13H22N2O2S/c1-4-18(16,17)13-7-5-12(6-8-13)15-10-9-14-11(2)3/h5-8,11,14-15H,4,9-10H2,1-3H3. The van der Waals surface area contributed by atoms with Crippen molar-refractivity contribution in [3.05, 3.63) is 24.3 Å². The van der Waals surface area contributed by atoms with E-state index in [2.05, 4.69) is 24.5 Å². The Kier molecular flexibility index (Phi) is 5.62. The van der Waals surface area contributed by atoms with Crippen molar-refractivity contribution in [2.75, 3.05) is 24.2 Å². The maximum atomic E-state index is 11.6. The molecule has 0 heterocycles. The molecule has 0 amide bonds. The second-order valence-electron chi connectivity index (χ2n) is 4.46. The molecule has 18 heavy (non-hydrogen) atoms. The van der Waals surface area contributed by atoms with Crippen LogP contribution in [0, 0.1) is 0 Å². The Balaban J connectivity index is 2.51. The summed E-state index contributed by atoms with van der Waals surface area (Å²) in [5, 5.41) is 6.54. The van der Waals surface area contributed by atoms with Gasteiger partial charge in [-0.3, -0.25) is 0 Å². The zero-order valence-corrected chi connectivity index (χ0v) is 12.0. The molecule has 1 rings (SSSR count). The number of hydrogen-bond donors (Lipinski definition) is 2. The second-order valence-corrected chi connectivity index (χ2v) is 6.74. The number of anilines is 1. The first kappa shape index (κ1) is 15.0. The van der Waals surface area contributed by atoms with E-state index in [0.29, 0.717) is 10.9 Å². The zero-order chi connectivity index (χ0) is 13.6. The Morgan fingerprint density at radius 3 is 2.22 bits per heavy atom. The van der Waals surface area contributed by atoms with E-state index in [1.165, 1.54) is 0 Å². The van der Waals surface area contributed by atoms with Gasteiger partial charge >= 0.3 is 0 Å². The molecule has 0 atom stereocenters. The Hall–Kier alpha value is -1.07. The first-order valence-electron chi connectivity index (χ1n) is 6.26. The molecule has 0 aliphatic rings. The molecule has 5 heteroatoms. The molecule has 0 bridgehead atoms. The van der Waals surface area contributed by atoms with Crippen LogP contribution in [0.5, 0.6) is 0 Å². The van der Waals surface area contributed by atoms with Crippen molar-refractivity contribution < 1.29 is 8.42 Å². The normalized spacial score (nSPS) is 11.8. The molecule has 0 aliphatic carbocycles. The van der Waals surface area contributed by atoms with Gasteiger partial charge < -0.3 is 10.6 Å². The lowest BCUT2D eigenvalue weighted by Crippen LogP contribution is -2.28. The van der Waals surface area contributed by atoms with Crippen LogP contribution in [0.4, 0.5) is 5.69 Å². The predicted octanol–water partition coefficient (Wildman–Crippen LogP) is 1.89. The second kappa shape index (κ2) is 6.75. The minimum atomic E-state index is -3.09. The SMILES string of the molecule is CCS(=O)(=O)c1ccc(NCCNC(C)C)cc1. The van der Waals surface area contributed by atoms with Gasteiger partial charge in [0.25, 0.3) is 0 Å². The van der Waals surface area contributed by atoms with Gasteiger partial charge in [-0.2, -0.15) is 0 Å². The van der Waals surface area contributed by atoms with Gasteiger partial charge in [0.2, 0.25) is 0 Å². The van der Waals surface area contributed by atoms with Crippen molar-refractivity contribution in [1.82, 2.24) is 5.32 Å². The highest BCUT2D eigenvalue weighted by atomic mass is 32.2. The van der Waals surface area contributed by atoms with Gasteiger partial charge in [0.1, 0.15) is 0 Å². The lowest BCUT2D eigenvalue weighted by molar-refractivity contribution is 0.597. The fourth-order valence-electron chi connectivity index (χ4n) is 1.51. The smallest absolute Gasteiger partial charge is 0.178 e. The average Bonchev–Trinajstić information content (AvgIpc) is 2.35. The quantitative estimate of drug-likeness (QED) is 0.743. The predicted molar refractivity (Wildman–Crippen MR) is 75.8 cm³/mol. The van der Waals surface area contributed by atoms with E-state index in [4.69, 9.17) is 0 Å². The van der Waals surface area contributed by atoms with Gasteiger partial charge in [0.05, 0.1) is 10.6 Å². The molecule has 1 aromatic rings. The van der Waals surface area contributed by atoms with Crippen LogP contribution in [-0.2, 0) is 9.84 Å². The van der Waals surface area contributed by atoms with Crippen molar-refractivity contribution in [3.8, 4) is 0 Å². The lowest BCUT2D eigenvalue weighted by atomic mass is 10.3. The van der Waals surface area contributed by atoms with E-state index in [0.717, 1.165) is 18.8 Å². The lowest BCUT2D eigenvalue weighted by Gasteiger charge is -2.10. The molecule has 0 fully saturated rings. The summed E-state index contributed by atoms with van der Waals surface area (Å²) in [6, 6.07) is 7.38. The summed E-state index contributed by atoms with van der Waals surface area (Å²) in [5.41, 5.74) is 0.940. The van der Waals surface area contributed by atoms with E-state index in [-0.39, 0.29) is 5.75 Å². The molecular weight excluding hydrogens is 248 g/mol. The largest absolute Gasteiger partial charge is 0.384 e. The summed E-state index contributed by atoms with van der Waals surface area (Å²) in [5.74, 6) is 0.137. The van der Waals surface area contributed by atoms with E-state index >= 15 is 0 Å². The molecule has 1 aromatic carbocycles. The van der Waals surface area contributed by atoms with E-state index < -0.39 is 9.84 Å². The molecule has 0 saturated carbocycles. The Bertz CT molecular complexity index is 452. The third-order valence-electron chi connectivity index (χ3n) is 2.60. The van der Waals surface area contributed by atoms with Gasteiger partial charge in [0.15, 0.2) is 9.84 Å². The molecule has 0 unspecified atom stereocenters. The summed E-state index contributed by atoms with van der Waals surface area (Å²) >= 11 is 0. The van der Waals surface area contributed by atoms with Gasteiger partial charge in [-0.25, -0.2) is 8.42 Å². The topological polar surface area (TPSA) is 58.2 Å². The fraction of sp³-hybridized carbons (Fsp3) is 0.538. The van der Waals surface area contributed by atoms with E-state index in [1.54, 1.807) is 31.2 Å². The molecule has 0 radical (unpaired) electrons. The van der Waals surface area contributed by atoms with Crippen LogP contribution in [0.3, 0.4) is 0 Å². The maximum absolute atomic E-state index is 11.6. The third kappa shape index (κ3) is 4.66. The van der Waals surface area contributed by atoms with Crippen LogP contribution in [0.15, 0.2) is 29.2 Å². The highest BCUT2D eigenvalue weighted by Gasteiger charge is 2.10. The van der Waals surface area contributed by atoms with Crippen LogP contribution in [0.25, 0.3) is 0 Å². The van der Waals surface area contributed by atoms with Crippen LogP contribution in [-0.4, -0.2) is 33.3 Å². The monoisotopic (exact) mass is 270 g/mol. The molecule has 2 N–H and O–H groups in total. The van der Waals surface area contributed by atoms with E-state index in [9.17, 15) is 8.42 Å². The average molecular weight is 270 g/mol. The number of sulfone groups is 1. The van der Waals surface area contributed by atoms with Gasteiger partial charge in [-0.1, -0.05) is 20.8 Å². The molecule has 0 aliphatic heterocycles. The third-order valence-corrected chi connectivity index (χ3v) is 4.35. The highest BCUT2D eigenvalue weighted by Crippen LogP contribution is 2.14. The molecule has 4 nitrogen and oxygen atoms in total. The van der Waals surface area contributed by atoms with Crippen LogP contribution < -0.4 is 10.6 Å². The van der Waals surface area contributed by atoms with Crippen molar-refractivity contribution >= 4 is 15.5 Å². The van der Waals surface area contributed by atoms with Crippen molar-refractivity contribution in [1.29, 1.82) is 0 Å². The minimum Gasteiger partial charge on any atom is -0.384 e. The van der Waals surface area contributed by atoms with E-state index in [1.807, 2.05) is 0 Å². The first-order valence-corrected chi connectivity index (χ1v) is 7.91. The fourth-order valence-corrected chi connectivity index (χ4v) is 2.40. The molecule has 0 aromatic heterocycles. The molecule has 102 valence electrons. The highest BCUT2D eigenvalue weighted by molar-refractivity contribution is 7.91. The number of rotatable bonds is 7. The summed E-state index contributed by atoms with van der Waals surface area (Å²) in [4.78, 5) is 0.385. The van der Waals surface area contributed by atoms with Crippen molar-refractivity contribution in [3.63, 3.8) is 0 Å². The molecule has 0 spiro atoms. The van der Waals surface area contributed by atoms with Gasteiger partial charge in [-0.05, 0) is 24.3 Å². The minimum absolute atomic E-state index is 0.137. The number of benzene rings is 1. The van der Waals surface area contributed by atoms with Crippen molar-refractivity contribution in [2.24, 2.45) is 0 Å². The van der Waals surface area contributed by atoms with Crippen LogP contribution in [0.1, 0.15) is 20.8 Å². The summed E-state index contributed by atoms with van der Waals surface area (Å²) in [6.07, 6.45) is 0. The van der Waals surface area contributed by atoms with Crippen LogP contribution in [0.2, 0.25) is 0 Å². The molecule has 0 saturated heterocycles. The van der Waals surface area contributed by atoms with Gasteiger partial charge in [-0.15, -0.1) is 0 Å². The maximum Gasteiger partial charge on any atom is 0.178 e. The number of hydrogen-bond acceptors (Lipinski definition) is 4. The summed E-state index contributed by atoms with van der Waals surface area (Å²) in [6.45, 7) is 7.55.